The molecule has 0 saturated carbocycles. The molecule has 0 unspecified atom stereocenters. The van der Waals surface area contributed by atoms with Crippen LogP contribution < -0.4 is 16.1 Å². The molecule has 0 atom stereocenters. The maximum atomic E-state index is 12.6. The van der Waals surface area contributed by atoms with Gasteiger partial charge in [0, 0.05) is 35.9 Å². The minimum Gasteiger partial charge on any atom is -0.350 e. The van der Waals surface area contributed by atoms with Gasteiger partial charge in [0.2, 0.25) is 0 Å². The van der Waals surface area contributed by atoms with Gasteiger partial charge >= 0.3 is 0 Å². The van der Waals surface area contributed by atoms with Crippen molar-refractivity contribution in [2.75, 3.05) is 10.7 Å². The molecular weight excluding hydrogens is 406 g/mol. The molecule has 0 fully saturated rings. The van der Waals surface area contributed by atoms with E-state index < -0.39 is 0 Å². The number of carbonyl (C=O) groups is 2. The molecule has 0 aliphatic heterocycles. The van der Waals surface area contributed by atoms with Crippen molar-refractivity contribution in [1.29, 1.82) is 0 Å². The van der Waals surface area contributed by atoms with Crippen LogP contribution in [0, 0.1) is 13.8 Å². The first-order valence-electron chi connectivity index (χ1n) is 10.3. The molecule has 9 heteroatoms. The second-order valence-electron chi connectivity index (χ2n) is 7.88. The quantitative estimate of drug-likeness (QED) is 0.434. The summed E-state index contributed by atoms with van der Waals surface area (Å²) in [5.74, 6) is 0.157. The van der Waals surface area contributed by atoms with Gasteiger partial charge < -0.3 is 10.6 Å². The zero-order valence-electron chi connectivity index (χ0n) is 18.4. The van der Waals surface area contributed by atoms with E-state index in [2.05, 4.69) is 26.1 Å². The van der Waals surface area contributed by atoms with Crippen molar-refractivity contribution in [2.24, 2.45) is 0 Å². The second kappa shape index (κ2) is 8.54. The Morgan fingerprint density at radius 2 is 1.81 bits per heavy atom. The number of nitrogens with one attached hydrogen (secondary N) is 3. The van der Waals surface area contributed by atoms with Crippen LogP contribution in [0.3, 0.4) is 0 Å². The molecule has 3 heterocycles. The van der Waals surface area contributed by atoms with Crippen LogP contribution in [-0.4, -0.2) is 37.1 Å². The van der Waals surface area contributed by atoms with Gasteiger partial charge in [0.05, 0.1) is 5.56 Å². The molecule has 0 aliphatic carbocycles. The molecule has 1 aromatic carbocycles. The van der Waals surface area contributed by atoms with Gasteiger partial charge in [0.1, 0.15) is 11.8 Å². The van der Waals surface area contributed by atoms with E-state index in [1.165, 1.54) is 6.33 Å². The lowest BCUT2D eigenvalue weighted by atomic mass is 10.1. The van der Waals surface area contributed by atoms with Gasteiger partial charge in [-0.25, -0.2) is 9.50 Å². The Bertz CT molecular complexity index is 1290. The van der Waals surface area contributed by atoms with Gasteiger partial charge in [-0.3, -0.25) is 19.7 Å². The first-order valence-corrected chi connectivity index (χ1v) is 10.3. The highest BCUT2D eigenvalue weighted by Gasteiger charge is 2.19. The normalized spacial score (nSPS) is 11.0. The number of aromatic nitrogens is 4. The summed E-state index contributed by atoms with van der Waals surface area (Å²) in [6.07, 6.45) is 6.64. The highest BCUT2D eigenvalue weighted by Crippen LogP contribution is 2.27. The van der Waals surface area contributed by atoms with Crippen molar-refractivity contribution in [3.63, 3.8) is 0 Å². The van der Waals surface area contributed by atoms with Gasteiger partial charge in [-0.2, -0.15) is 5.10 Å². The molecule has 0 aliphatic rings. The van der Waals surface area contributed by atoms with E-state index in [9.17, 15) is 9.59 Å². The maximum absolute atomic E-state index is 12.6. The molecule has 3 N–H and O–H groups in total. The highest BCUT2D eigenvalue weighted by atomic mass is 16.2. The molecule has 0 bridgehead atoms. The number of rotatable bonds is 6. The number of nitrogens with zero attached hydrogens (tertiary/aromatic N) is 4. The summed E-state index contributed by atoms with van der Waals surface area (Å²) in [4.78, 5) is 29.6. The minimum atomic E-state index is -0.233. The Morgan fingerprint density at radius 1 is 1.06 bits per heavy atom. The summed E-state index contributed by atoms with van der Waals surface area (Å²) in [7, 11) is 0. The van der Waals surface area contributed by atoms with Crippen molar-refractivity contribution in [3.8, 4) is 0 Å². The van der Waals surface area contributed by atoms with E-state index in [1.807, 2.05) is 45.9 Å². The summed E-state index contributed by atoms with van der Waals surface area (Å²) in [5, 5.41) is 10.5. The fraction of sp³-hybridized carbons (Fsp3) is 0.217. The molecular formula is C23H25N7O2. The Kier molecular flexibility index (Phi) is 5.63. The van der Waals surface area contributed by atoms with E-state index in [0.29, 0.717) is 22.5 Å². The van der Waals surface area contributed by atoms with Gasteiger partial charge in [-0.05, 0) is 63.1 Å². The largest absolute Gasteiger partial charge is 0.350 e. The van der Waals surface area contributed by atoms with Crippen LogP contribution in [-0.2, 0) is 0 Å². The van der Waals surface area contributed by atoms with Crippen LogP contribution in [0.15, 0.2) is 55.2 Å². The fourth-order valence-corrected chi connectivity index (χ4v) is 3.44. The molecule has 9 nitrogen and oxygen atoms in total. The number of hydrogen-bond acceptors (Lipinski definition) is 5. The molecule has 4 aromatic rings. The second-order valence-corrected chi connectivity index (χ2v) is 7.88. The molecule has 0 radical (unpaired) electrons. The number of anilines is 2. The molecule has 164 valence electrons. The summed E-state index contributed by atoms with van der Waals surface area (Å²) >= 11 is 0. The Hall–Kier alpha value is -4.14. The van der Waals surface area contributed by atoms with Crippen LogP contribution in [0.1, 0.15) is 45.7 Å². The van der Waals surface area contributed by atoms with Crippen molar-refractivity contribution >= 4 is 28.8 Å². The van der Waals surface area contributed by atoms with Gasteiger partial charge in [0.25, 0.3) is 11.8 Å². The zero-order valence-corrected chi connectivity index (χ0v) is 18.4. The molecule has 3 aromatic heterocycles. The predicted molar refractivity (Wildman–Crippen MR) is 123 cm³/mol. The third-order valence-electron chi connectivity index (χ3n) is 5.08. The van der Waals surface area contributed by atoms with Gasteiger partial charge in [-0.1, -0.05) is 6.07 Å². The monoisotopic (exact) mass is 431 g/mol. The lowest BCUT2D eigenvalue weighted by molar-refractivity contribution is 0.0941. The SMILES string of the molecule is Cc1ccc(C(=O)Nn2cccc2)cc1Nc1ncnn2cc(C(=O)NC(C)C)c(C)c12. The van der Waals surface area contributed by atoms with Gasteiger partial charge in [-0.15, -0.1) is 0 Å². The third kappa shape index (κ3) is 4.18. The lowest BCUT2D eigenvalue weighted by Gasteiger charge is -2.13. The van der Waals surface area contributed by atoms with Crippen molar-refractivity contribution < 1.29 is 9.59 Å². The Balaban J connectivity index is 1.66. The Labute approximate surface area is 185 Å². The summed E-state index contributed by atoms with van der Waals surface area (Å²) in [6.45, 7) is 7.64. The first kappa shape index (κ1) is 21.1. The fourth-order valence-electron chi connectivity index (χ4n) is 3.44. The number of carbonyl (C=O) groups excluding carboxylic acids is 2. The van der Waals surface area contributed by atoms with Crippen LogP contribution in [0.4, 0.5) is 11.5 Å². The van der Waals surface area contributed by atoms with E-state index in [-0.39, 0.29) is 17.9 Å². The third-order valence-corrected chi connectivity index (χ3v) is 5.08. The Morgan fingerprint density at radius 3 is 2.53 bits per heavy atom. The van der Waals surface area contributed by atoms with Crippen LogP contribution in [0.25, 0.3) is 5.52 Å². The first-order chi connectivity index (χ1) is 15.3. The van der Waals surface area contributed by atoms with Crippen LogP contribution in [0.5, 0.6) is 0 Å². The zero-order chi connectivity index (χ0) is 22.8. The van der Waals surface area contributed by atoms with E-state index in [4.69, 9.17) is 0 Å². The molecule has 2 amide bonds. The number of amides is 2. The maximum Gasteiger partial charge on any atom is 0.270 e. The smallest absolute Gasteiger partial charge is 0.270 e. The van der Waals surface area contributed by atoms with E-state index >= 15 is 0 Å². The minimum absolute atomic E-state index is 0.0247. The lowest BCUT2D eigenvalue weighted by Crippen LogP contribution is -2.30. The van der Waals surface area contributed by atoms with Crippen molar-refractivity contribution in [1.82, 2.24) is 24.6 Å². The number of hydrogen-bond donors (Lipinski definition) is 3. The molecule has 0 saturated heterocycles. The van der Waals surface area contributed by atoms with Crippen molar-refractivity contribution in [2.45, 2.75) is 33.7 Å². The van der Waals surface area contributed by atoms with E-state index in [0.717, 1.165) is 16.8 Å². The van der Waals surface area contributed by atoms with Crippen LogP contribution >= 0.6 is 0 Å². The molecule has 0 spiro atoms. The van der Waals surface area contributed by atoms with E-state index in [1.54, 1.807) is 39.9 Å². The average Bonchev–Trinajstić information content (AvgIpc) is 3.37. The highest BCUT2D eigenvalue weighted by molar-refractivity contribution is 6.01. The van der Waals surface area contributed by atoms with Crippen LogP contribution in [0.2, 0.25) is 0 Å². The summed E-state index contributed by atoms with van der Waals surface area (Å²) < 4.78 is 3.23. The molecule has 4 rings (SSSR count). The standard InChI is InChI=1S/C23H25N7O2/c1-14(2)26-23(32)18-12-30-20(16(18)4)21(24-13-25-30)27-19-11-17(8-7-15(19)3)22(31)28-29-9-5-6-10-29/h5-14H,1-4H3,(H,26,32)(H,28,31)(H,24,25,27). The predicted octanol–water partition coefficient (Wildman–Crippen LogP) is 3.41. The van der Waals surface area contributed by atoms with Crippen molar-refractivity contribution in [3.05, 3.63) is 77.5 Å². The number of aryl methyl sites for hydroxylation is 2. The number of benzene rings is 1. The topological polar surface area (TPSA) is 105 Å². The molecule has 32 heavy (non-hydrogen) atoms. The number of fused-ring (bicyclic) bond motifs is 1. The average molecular weight is 432 g/mol. The summed E-state index contributed by atoms with van der Waals surface area (Å²) in [6, 6.07) is 9.11. The van der Waals surface area contributed by atoms with Gasteiger partial charge in [0.15, 0.2) is 5.82 Å². The summed E-state index contributed by atoms with van der Waals surface area (Å²) in [5.41, 5.74) is 6.98.